The molecule has 2 aliphatic rings. The number of imidazole rings is 1. The number of aliphatic hydroxyl groups excluding tert-OH is 1. The maximum Gasteiger partial charge on any atom is 0.268 e. The zero-order valence-corrected chi connectivity index (χ0v) is 17.5. The van der Waals surface area contributed by atoms with Crippen LogP contribution in [0.15, 0.2) is 40.6 Å². The molecule has 2 aromatic heterocycles. The molecule has 0 saturated carbocycles. The number of nitrogens with two attached hydrogens (primary N) is 1. The van der Waals surface area contributed by atoms with E-state index in [4.69, 9.17) is 31.1 Å². The van der Waals surface area contributed by atoms with E-state index in [0.717, 1.165) is 4.90 Å². The van der Waals surface area contributed by atoms with Crippen LogP contribution in [0.4, 0.5) is 5.82 Å². The van der Waals surface area contributed by atoms with Crippen LogP contribution in [0.5, 0.6) is 0 Å². The van der Waals surface area contributed by atoms with Gasteiger partial charge in [0.25, 0.3) is 7.82 Å². The van der Waals surface area contributed by atoms with Crippen molar-refractivity contribution in [1.29, 1.82) is 0 Å². The number of benzene rings is 1. The number of hydrogen-bond acceptors (Lipinski definition) is 11. The number of fused-ring (bicyclic) bond motifs is 2. The minimum atomic E-state index is -4.50. The molecule has 30 heavy (non-hydrogen) atoms. The largest absolute Gasteiger partial charge is 0.756 e. The maximum absolute atomic E-state index is 11.7. The third-order valence-electron chi connectivity index (χ3n) is 4.71. The second kappa shape index (κ2) is 7.43. The van der Waals surface area contributed by atoms with Crippen molar-refractivity contribution >= 4 is 48.2 Å². The van der Waals surface area contributed by atoms with Gasteiger partial charge in [-0.25, -0.2) is 15.0 Å². The van der Waals surface area contributed by atoms with Gasteiger partial charge in [-0.1, -0.05) is 23.4 Å². The van der Waals surface area contributed by atoms with Crippen LogP contribution in [0.3, 0.4) is 0 Å². The Balaban J connectivity index is 1.58. The fraction of sp³-hybridized carbons (Fsp3) is 0.312. The molecule has 2 saturated heterocycles. The van der Waals surface area contributed by atoms with Gasteiger partial charge in [0.2, 0.25) is 0 Å². The van der Waals surface area contributed by atoms with E-state index in [9.17, 15) is 14.6 Å². The van der Waals surface area contributed by atoms with E-state index in [2.05, 4.69) is 15.0 Å². The normalized spacial score (nSPS) is 31.2. The molecule has 14 heteroatoms. The van der Waals surface area contributed by atoms with E-state index in [0.29, 0.717) is 21.3 Å². The van der Waals surface area contributed by atoms with Crippen LogP contribution >= 0.6 is 31.2 Å². The fourth-order valence-electron chi connectivity index (χ4n) is 3.36. The summed E-state index contributed by atoms with van der Waals surface area (Å²) in [5.74, 6) is 0.158. The Kier molecular flexibility index (Phi) is 4.99. The predicted molar refractivity (Wildman–Crippen MR) is 104 cm³/mol. The number of aliphatic hydroxyl groups is 1. The molecule has 0 aliphatic carbocycles. The Morgan fingerprint density at radius 2 is 2.10 bits per heavy atom. The van der Waals surface area contributed by atoms with Crippen molar-refractivity contribution in [3.8, 4) is 0 Å². The summed E-state index contributed by atoms with van der Waals surface area (Å²) in [6, 6.07) is 7.08. The van der Waals surface area contributed by atoms with Crippen molar-refractivity contribution in [3.63, 3.8) is 0 Å². The van der Waals surface area contributed by atoms with Crippen molar-refractivity contribution in [1.82, 2.24) is 19.5 Å². The third kappa shape index (κ3) is 3.49. The molecule has 1 aromatic carbocycles. The SMILES string of the molecule is Nc1ncnc2c1nc(Sc1ccc(Cl)cc1)n2C1OC2COP(=O)([O-])OC2C1O. The topological polar surface area (TPSA) is 158 Å². The number of nitrogens with zero attached hydrogens (tertiary/aromatic N) is 4. The van der Waals surface area contributed by atoms with Gasteiger partial charge in [-0.3, -0.25) is 9.13 Å². The smallest absolute Gasteiger partial charge is 0.268 e. The highest BCUT2D eigenvalue weighted by Gasteiger charge is 2.51. The number of ether oxygens (including phenoxy) is 1. The summed E-state index contributed by atoms with van der Waals surface area (Å²) in [5, 5.41) is 11.8. The van der Waals surface area contributed by atoms with Crippen LogP contribution in [0.2, 0.25) is 5.02 Å². The lowest BCUT2D eigenvalue weighted by Crippen LogP contribution is -2.41. The first-order chi connectivity index (χ1) is 14.3. The molecular weight excluding hydrogens is 457 g/mol. The molecule has 0 bridgehead atoms. The predicted octanol–water partition coefficient (Wildman–Crippen LogP) is 1.36. The van der Waals surface area contributed by atoms with Gasteiger partial charge in [-0.05, 0) is 24.3 Å². The van der Waals surface area contributed by atoms with Crippen molar-refractivity contribution in [2.45, 2.75) is 34.6 Å². The Hall–Kier alpha value is -1.76. The first-order valence-electron chi connectivity index (χ1n) is 8.72. The maximum atomic E-state index is 11.7. The van der Waals surface area contributed by atoms with Gasteiger partial charge >= 0.3 is 0 Å². The van der Waals surface area contributed by atoms with E-state index < -0.39 is 32.4 Å². The molecule has 0 amide bonds. The van der Waals surface area contributed by atoms with Crippen molar-refractivity contribution in [3.05, 3.63) is 35.6 Å². The monoisotopic (exact) mass is 470 g/mol. The van der Waals surface area contributed by atoms with Crippen LogP contribution in [-0.4, -0.2) is 49.5 Å². The van der Waals surface area contributed by atoms with Crippen molar-refractivity contribution in [2.24, 2.45) is 0 Å². The van der Waals surface area contributed by atoms with Crippen molar-refractivity contribution < 1.29 is 28.3 Å². The summed E-state index contributed by atoms with van der Waals surface area (Å²) >= 11 is 7.22. The average Bonchev–Trinajstić information content (AvgIpc) is 3.21. The second-order valence-corrected chi connectivity index (χ2v) is 9.46. The molecule has 3 N–H and O–H groups in total. The molecule has 5 unspecified atom stereocenters. The Morgan fingerprint density at radius 1 is 1.33 bits per heavy atom. The molecule has 5 atom stereocenters. The van der Waals surface area contributed by atoms with E-state index >= 15 is 0 Å². The van der Waals surface area contributed by atoms with Gasteiger partial charge in [0, 0.05) is 9.92 Å². The van der Waals surface area contributed by atoms with E-state index in [1.54, 1.807) is 16.7 Å². The number of anilines is 1. The number of hydrogen-bond donors (Lipinski definition) is 2. The molecule has 3 aromatic rings. The summed E-state index contributed by atoms with van der Waals surface area (Å²) in [6.45, 7) is -0.261. The molecule has 5 rings (SSSR count). The molecule has 0 spiro atoms. The zero-order valence-electron chi connectivity index (χ0n) is 15.0. The number of nitrogen functional groups attached to an aromatic ring is 1. The Labute approximate surface area is 178 Å². The van der Waals surface area contributed by atoms with Crippen LogP contribution in [0, 0.1) is 0 Å². The van der Waals surface area contributed by atoms with Crippen LogP contribution in [-0.2, 0) is 18.3 Å². The van der Waals surface area contributed by atoms with Crippen LogP contribution in [0.1, 0.15) is 6.23 Å². The number of halogens is 1. The minimum Gasteiger partial charge on any atom is -0.756 e. The van der Waals surface area contributed by atoms with Crippen LogP contribution in [0.25, 0.3) is 11.2 Å². The number of aromatic nitrogens is 4. The fourth-order valence-corrected chi connectivity index (χ4v) is 5.34. The van der Waals surface area contributed by atoms with Gasteiger partial charge < -0.3 is 29.5 Å². The lowest BCUT2D eigenvalue weighted by atomic mass is 10.1. The van der Waals surface area contributed by atoms with Crippen LogP contribution < -0.4 is 10.6 Å². The van der Waals surface area contributed by atoms with E-state index in [1.807, 2.05) is 12.1 Å². The average molecular weight is 471 g/mol. The molecule has 158 valence electrons. The second-order valence-electron chi connectivity index (χ2n) is 6.62. The summed E-state index contributed by atoms with van der Waals surface area (Å²) in [7, 11) is -4.50. The summed E-state index contributed by atoms with van der Waals surface area (Å²) < 4.78 is 28.7. The number of phosphoric acid groups is 1. The zero-order chi connectivity index (χ0) is 21.0. The molecule has 11 nitrogen and oxygen atoms in total. The highest BCUT2D eigenvalue weighted by atomic mass is 35.5. The van der Waals surface area contributed by atoms with Gasteiger partial charge in [-0.15, -0.1) is 0 Å². The van der Waals surface area contributed by atoms with E-state index in [-0.39, 0.29) is 12.4 Å². The molecule has 2 fully saturated rings. The number of phosphoric ester groups is 1. The highest BCUT2D eigenvalue weighted by molar-refractivity contribution is 7.99. The minimum absolute atomic E-state index is 0.158. The third-order valence-corrected chi connectivity index (χ3v) is 6.90. The first-order valence-corrected chi connectivity index (χ1v) is 11.4. The Morgan fingerprint density at radius 3 is 2.87 bits per heavy atom. The molecule has 0 radical (unpaired) electrons. The lowest BCUT2D eigenvalue weighted by Gasteiger charge is -2.34. The van der Waals surface area contributed by atoms with E-state index in [1.165, 1.54) is 18.1 Å². The quantitative estimate of drug-likeness (QED) is 0.532. The van der Waals surface area contributed by atoms with Gasteiger partial charge in [0.05, 0.1) is 6.61 Å². The van der Waals surface area contributed by atoms with Gasteiger partial charge in [0.1, 0.15) is 24.6 Å². The summed E-state index contributed by atoms with van der Waals surface area (Å²) in [5.41, 5.74) is 6.61. The Bertz CT molecular complexity index is 1160. The van der Waals surface area contributed by atoms with Crippen molar-refractivity contribution in [2.75, 3.05) is 12.3 Å². The standard InChI is InChI=1S/C16H15ClN5O6PS/c17-7-1-3-8(4-2-7)30-16-21-10-13(18)19-6-20-14(10)22(16)15-11(23)12-9(27-15)5-26-29(24,25)28-12/h1-4,6,9,11-12,15,23H,5H2,(H,24,25)(H2,18,19,20)/p-1. The lowest BCUT2D eigenvalue weighted by molar-refractivity contribution is -0.245. The highest BCUT2D eigenvalue weighted by Crippen LogP contribution is 2.50. The first kappa shape index (κ1) is 20.2. The number of rotatable bonds is 3. The summed E-state index contributed by atoms with van der Waals surface area (Å²) in [6.07, 6.45) is -2.98. The molecular formula is C16H14ClN5O6PS-. The molecule has 4 heterocycles. The molecule has 2 aliphatic heterocycles. The van der Waals surface area contributed by atoms with Gasteiger partial charge in [-0.2, -0.15) is 0 Å². The summed E-state index contributed by atoms with van der Waals surface area (Å²) in [4.78, 5) is 25.2. The van der Waals surface area contributed by atoms with Gasteiger partial charge in [0.15, 0.2) is 28.4 Å².